The van der Waals surface area contributed by atoms with E-state index < -0.39 is 0 Å². The summed E-state index contributed by atoms with van der Waals surface area (Å²) in [6.07, 6.45) is 5.06. The van der Waals surface area contributed by atoms with Crippen LogP contribution in [0.1, 0.15) is 44.2 Å². The zero-order valence-electron chi connectivity index (χ0n) is 12.9. The van der Waals surface area contributed by atoms with E-state index in [1.165, 1.54) is 28.8 Å². The third-order valence-electron chi connectivity index (χ3n) is 3.41. The monoisotopic (exact) mass is 291 g/mol. The fourth-order valence-corrected chi connectivity index (χ4v) is 3.45. The summed E-state index contributed by atoms with van der Waals surface area (Å²) in [5.74, 6) is 0.700. The van der Waals surface area contributed by atoms with Gasteiger partial charge in [0.25, 0.3) is 0 Å². The molecule has 0 fully saturated rings. The highest BCUT2D eigenvalue weighted by molar-refractivity contribution is 7.18. The Hall–Kier alpha value is -1.00. The van der Waals surface area contributed by atoms with E-state index >= 15 is 0 Å². The molecule has 2 aromatic heterocycles. The number of hydrogen-bond acceptors (Lipinski definition) is 4. The van der Waals surface area contributed by atoms with E-state index in [4.69, 9.17) is 0 Å². The van der Waals surface area contributed by atoms with Crippen molar-refractivity contribution in [3.05, 3.63) is 23.0 Å². The summed E-state index contributed by atoms with van der Waals surface area (Å²) in [5.41, 5.74) is 1.19. The smallest absolute Gasteiger partial charge is 0.127 e. The molecule has 0 radical (unpaired) electrons. The number of thiophene rings is 1. The van der Waals surface area contributed by atoms with Crippen molar-refractivity contribution in [3.8, 4) is 0 Å². The quantitative estimate of drug-likeness (QED) is 0.839. The van der Waals surface area contributed by atoms with Crippen molar-refractivity contribution in [1.29, 1.82) is 0 Å². The van der Waals surface area contributed by atoms with Gasteiger partial charge in [-0.25, -0.2) is 9.97 Å². The predicted octanol–water partition coefficient (Wildman–Crippen LogP) is 3.96. The van der Waals surface area contributed by atoms with Crippen LogP contribution in [0.4, 0.5) is 0 Å². The lowest BCUT2D eigenvalue weighted by atomic mass is 9.98. The molecule has 0 aromatic carbocycles. The number of hydrogen-bond donors (Lipinski definition) is 1. The summed E-state index contributed by atoms with van der Waals surface area (Å²) < 4.78 is 0. The lowest BCUT2D eigenvalue weighted by Gasteiger charge is -2.20. The molecular weight excluding hydrogens is 266 g/mol. The standard InChI is InChI=1S/C16H25N3S/c1-5-6-17-13(7-11(2)3)9-15-14-8-12(4)20-16(14)19-10-18-15/h8,10-11,13,17H,5-7,9H2,1-4H3. The molecule has 0 aliphatic carbocycles. The SMILES string of the molecule is CCCNC(Cc1ncnc2sc(C)cc12)CC(C)C. The number of nitrogens with zero attached hydrogens (tertiary/aromatic N) is 2. The molecule has 2 heterocycles. The molecular formula is C16H25N3S. The van der Waals surface area contributed by atoms with Crippen molar-refractivity contribution in [3.63, 3.8) is 0 Å². The van der Waals surface area contributed by atoms with Gasteiger partial charge < -0.3 is 5.32 Å². The van der Waals surface area contributed by atoms with Crippen LogP contribution in [0.25, 0.3) is 10.2 Å². The van der Waals surface area contributed by atoms with Crippen molar-refractivity contribution in [2.24, 2.45) is 5.92 Å². The second-order valence-electron chi connectivity index (χ2n) is 5.88. The maximum atomic E-state index is 4.53. The van der Waals surface area contributed by atoms with Gasteiger partial charge in [-0.3, -0.25) is 0 Å². The maximum absolute atomic E-state index is 4.53. The summed E-state index contributed by atoms with van der Waals surface area (Å²) >= 11 is 1.75. The van der Waals surface area contributed by atoms with Crippen LogP contribution in [0.3, 0.4) is 0 Å². The third kappa shape index (κ3) is 4.00. The molecule has 2 rings (SSSR count). The Morgan fingerprint density at radius 2 is 2.10 bits per heavy atom. The van der Waals surface area contributed by atoms with Crippen molar-refractivity contribution in [2.75, 3.05) is 6.54 Å². The Labute approximate surface area is 125 Å². The molecule has 1 unspecified atom stereocenters. The fourth-order valence-electron chi connectivity index (χ4n) is 2.58. The maximum Gasteiger partial charge on any atom is 0.127 e. The number of aromatic nitrogens is 2. The van der Waals surface area contributed by atoms with Crippen LogP contribution in [0.15, 0.2) is 12.4 Å². The first kappa shape index (κ1) is 15.4. The zero-order chi connectivity index (χ0) is 14.5. The van der Waals surface area contributed by atoms with Gasteiger partial charge in [0.1, 0.15) is 11.2 Å². The van der Waals surface area contributed by atoms with Crippen molar-refractivity contribution < 1.29 is 0 Å². The average Bonchev–Trinajstić information content (AvgIpc) is 2.76. The molecule has 1 atom stereocenters. The minimum atomic E-state index is 0.508. The van der Waals surface area contributed by atoms with E-state index in [2.05, 4.69) is 49.0 Å². The summed E-state index contributed by atoms with van der Waals surface area (Å²) in [4.78, 5) is 11.3. The molecule has 0 aliphatic rings. The summed E-state index contributed by atoms with van der Waals surface area (Å²) in [5, 5.41) is 4.90. The molecule has 0 saturated carbocycles. The molecule has 0 amide bonds. The normalized spacial score (nSPS) is 13.2. The van der Waals surface area contributed by atoms with Gasteiger partial charge in [0.15, 0.2) is 0 Å². The number of aryl methyl sites for hydroxylation is 1. The first-order chi connectivity index (χ1) is 9.60. The van der Waals surface area contributed by atoms with Gasteiger partial charge in [0, 0.05) is 22.7 Å². The summed E-state index contributed by atoms with van der Waals surface area (Å²) in [6.45, 7) is 9.99. The fraction of sp³-hybridized carbons (Fsp3) is 0.625. The van der Waals surface area contributed by atoms with Gasteiger partial charge in [-0.15, -0.1) is 11.3 Å². The number of nitrogens with one attached hydrogen (secondary N) is 1. The largest absolute Gasteiger partial charge is 0.314 e. The van der Waals surface area contributed by atoms with Crippen molar-refractivity contribution in [2.45, 2.75) is 53.0 Å². The summed E-state index contributed by atoms with van der Waals surface area (Å²) in [6, 6.07) is 2.73. The van der Waals surface area contributed by atoms with Crippen LogP contribution in [0.5, 0.6) is 0 Å². The second kappa shape index (κ2) is 7.14. The number of rotatable bonds is 7. The van der Waals surface area contributed by atoms with Crippen LogP contribution in [-0.2, 0) is 6.42 Å². The van der Waals surface area contributed by atoms with Gasteiger partial charge >= 0.3 is 0 Å². The van der Waals surface area contributed by atoms with Gasteiger partial charge in [-0.05, 0) is 38.3 Å². The third-order valence-corrected chi connectivity index (χ3v) is 4.37. The van der Waals surface area contributed by atoms with Gasteiger partial charge in [0.05, 0.1) is 5.69 Å². The Morgan fingerprint density at radius 1 is 1.30 bits per heavy atom. The van der Waals surface area contributed by atoms with Gasteiger partial charge in [-0.2, -0.15) is 0 Å². The van der Waals surface area contributed by atoms with E-state index in [1.54, 1.807) is 17.7 Å². The molecule has 20 heavy (non-hydrogen) atoms. The van der Waals surface area contributed by atoms with Crippen LogP contribution < -0.4 is 5.32 Å². The van der Waals surface area contributed by atoms with Crippen LogP contribution in [-0.4, -0.2) is 22.6 Å². The molecule has 2 aromatic rings. The Kier molecular flexibility index (Phi) is 5.49. The van der Waals surface area contributed by atoms with E-state index in [0.29, 0.717) is 12.0 Å². The topological polar surface area (TPSA) is 37.8 Å². The predicted molar refractivity (Wildman–Crippen MR) is 87.4 cm³/mol. The minimum absolute atomic E-state index is 0.508. The molecule has 110 valence electrons. The second-order valence-corrected chi connectivity index (χ2v) is 7.12. The zero-order valence-corrected chi connectivity index (χ0v) is 13.8. The minimum Gasteiger partial charge on any atom is -0.314 e. The summed E-state index contributed by atoms with van der Waals surface area (Å²) in [7, 11) is 0. The first-order valence-electron chi connectivity index (χ1n) is 7.53. The molecule has 4 heteroatoms. The highest BCUT2D eigenvalue weighted by Gasteiger charge is 2.15. The molecule has 0 bridgehead atoms. The van der Waals surface area contributed by atoms with E-state index in [9.17, 15) is 0 Å². The van der Waals surface area contributed by atoms with Crippen molar-refractivity contribution >= 4 is 21.6 Å². The Balaban J connectivity index is 2.18. The molecule has 0 aliphatic heterocycles. The number of fused-ring (bicyclic) bond motifs is 1. The molecule has 3 nitrogen and oxygen atoms in total. The highest BCUT2D eigenvalue weighted by Crippen LogP contribution is 2.25. The molecule has 0 saturated heterocycles. The molecule has 0 spiro atoms. The van der Waals surface area contributed by atoms with Crippen LogP contribution in [0, 0.1) is 12.8 Å². The lowest BCUT2D eigenvalue weighted by molar-refractivity contribution is 0.414. The first-order valence-corrected chi connectivity index (χ1v) is 8.35. The Bertz CT molecular complexity index is 548. The van der Waals surface area contributed by atoms with Crippen molar-refractivity contribution in [1.82, 2.24) is 15.3 Å². The van der Waals surface area contributed by atoms with Crippen LogP contribution in [0.2, 0.25) is 0 Å². The van der Waals surface area contributed by atoms with Gasteiger partial charge in [0.2, 0.25) is 0 Å². The molecule has 1 N–H and O–H groups in total. The highest BCUT2D eigenvalue weighted by atomic mass is 32.1. The Morgan fingerprint density at radius 3 is 2.80 bits per heavy atom. The van der Waals surface area contributed by atoms with E-state index in [-0.39, 0.29) is 0 Å². The van der Waals surface area contributed by atoms with Gasteiger partial charge in [-0.1, -0.05) is 20.8 Å². The van der Waals surface area contributed by atoms with E-state index in [1.807, 2.05) is 0 Å². The van der Waals surface area contributed by atoms with E-state index in [0.717, 1.165) is 17.8 Å². The lowest BCUT2D eigenvalue weighted by Crippen LogP contribution is -2.33. The average molecular weight is 291 g/mol. The van der Waals surface area contributed by atoms with Crippen LogP contribution >= 0.6 is 11.3 Å².